The number of hydrogen-bond acceptors (Lipinski definition) is 1. The molecule has 1 aromatic rings. The summed E-state index contributed by atoms with van der Waals surface area (Å²) in [5, 5.41) is 0.851. The van der Waals surface area contributed by atoms with E-state index in [9.17, 15) is 0 Å². The summed E-state index contributed by atoms with van der Waals surface area (Å²) in [6.45, 7) is 0.759. The molecular formula is C22H31ClO. The van der Waals surface area contributed by atoms with Gasteiger partial charge in [-0.3, -0.25) is 0 Å². The Morgan fingerprint density at radius 3 is 2.08 bits per heavy atom. The molecule has 0 unspecified atom stereocenters. The molecule has 0 spiro atoms. The van der Waals surface area contributed by atoms with Crippen molar-refractivity contribution in [1.29, 1.82) is 0 Å². The third-order valence-electron chi connectivity index (χ3n) is 6.27. The van der Waals surface area contributed by atoms with Crippen molar-refractivity contribution in [1.82, 2.24) is 0 Å². The SMILES string of the molecule is COC/C=C/C1CCC(C2CCC(c3ccc(Cl)cc3)CC2)CC1. The maximum absolute atomic E-state index is 6.02. The average molecular weight is 347 g/mol. The molecule has 3 rings (SSSR count). The van der Waals surface area contributed by atoms with Crippen LogP contribution in [0, 0.1) is 17.8 Å². The van der Waals surface area contributed by atoms with Crippen LogP contribution in [0.1, 0.15) is 62.8 Å². The summed E-state index contributed by atoms with van der Waals surface area (Å²) in [6.07, 6.45) is 15.8. The van der Waals surface area contributed by atoms with Crippen LogP contribution in [0.2, 0.25) is 5.02 Å². The van der Waals surface area contributed by atoms with Gasteiger partial charge < -0.3 is 4.74 Å². The highest BCUT2D eigenvalue weighted by molar-refractivity contribution is 6.30. The molecule has 0 amide bonds. The molecule has 1 nitrogen and oxygen atoms in total. The fourth-order valence-corrected chi connectivity index (χ4v) is 4.94. The minimum absolute atomic E-state index is 0.756. The lowest BCUT2D eigenvalue weighted by atomic mass is 9.68. The lowest BCUT2D eigenvalue weighted by molar-refractivity contribution is 0.171. The first kappa shape index (κ1) is 18.0. The number of allylic oxidation sites excluding steroid dienone is 1. The maximum Gasteiger partial charge on any atom is 0.0643 e. The molecule has 0 aliphatic heterocycles. The van der Waals surface area contributed by atoms with Crippen LogP contribution in [0.5, 0.6) is 0 Å². The van der Waals surface area contributed by atoms with Gasteiger partial charge in [-0.2, -0.15) is 0 Å². The zero-order chi connectivity index (χ0) is 16.8. The van der Waals surface area contributed by atoms with Gasteiger partial charge in [0.1, 0.15) is 0 Å². The van der Waals surface area contributed by atoms with Crippen LogP contribution in [-0.4, -0.2) is 13.7 Å². The highest BCUT2D eigenvalue weighted by atomic mass is 35.5. The van der Waals surface area contributed by atoms with Crippen molar-refractivity contribution < 1.29 is 4.74 Å². The largest absolute Gasteiger partial charge is 0.381 e. The average Bonchev–Trinajstić information content (AvgIpc) is 2.63. The predicted octanol–water partition coefficient (Wildman–Crippen LogP) is 6.62. The molecule has 2 aliphatic rings. The minimum Gasteiger partial charge on any atom is -0.381 e. The van der Waals surface area contributed by atoms with Gasteiger partial charge in [-0.05, 0) is 92.7 Å². The molecule has 0 saturated heterocycles. The summed E-state index contributed by atoms with van der Waals surface area (Å²) in [5.74, 6) is 3.49. The smallest absolute Gasteiger partial charge is 0.0643 e. The molecule has 24 heavy (non-hydrogen) atoms. The standard InChI is InChI=1S/C22H31ClO/c1-24-16-2-3-17-4-6-18(7-5-17)19-8-10-20(11-9-19)21-12-14-22(23)15-13-21/h2-3,12-15,17-20H,4-11,16H2,1H3/b3-2+. The minimum atomic E-state index is 0.756. The van der Waals surface area contributed by atoms with Crippen molar-refractivity contribution in [3.8, 4) is 0 Å². The van der Waals surface area contributed by atoms with Gasteiger partial charge in [-0.25, -0.2) is 0 Å². The molecule has 2 saturated carbocycles. The summed E-state index contributed by atoms with van der Waals surface area (Å²) >= 11 is 6.02. The number of ether oxygens (including phenoxy) is 1. The Balaban J connectivity index is 1.43. The zero-order valence-corrected chi connectivity index (χ0v) is 15.7. The van der Waals surface area contributed by atoms with Crippen LogP contribution in [0.3, 0.4) is 0 Å². The van der Waals surface area contributed by atoms with Crippen LogP contribution < -0.4 is 0 Å². The van der Waals surface area contributed by atoms with Crippen molar-refractivity contribution in [3.63, 3.8) is 0 Å². The number of halogens is 1. The lowest BCUT2D eigenvalue weighted by Crippen LogP contribution is -2.25. The molecule has 0 aromatic heterocycles. The Labute approximate surface area is 152 Å². The van der Waals surface area contributed by atoms with Gasteiger partial charge in [0.15, 0.2) is 0 Å². The zero-order valence-electron chi connectivity index (χ0n) is 14.9. The van der Waals surface area contributed by atoms with Crippen molar-refractivity contribution in [2.24, 2.45) is 17.8 Å². The Bertz CT molecular complexity index is 505. The second-order valence-electron chi connectivity index (χ2n) is 7.72. The third-order valence-corrected chi connectivity index (χ3v) is 6.52. The van der Waals surface area contributed by atoms with Gasteiger partial charge in [0.2, 0.25) is 0 Å². The van der Waals surface area contributed by atoms with E-state index in [-0.39, 0.29) is 0 Å². The quantitative estimate of drug-likeness (QED) is 0.544. The first-order valence-corrected chi connectivity index (χ1v) is 10.0. The molecule has 0 bridgehead atoms. The van der Waals surface area contributed by atoms with E-state index in [2.05, 4.69) is 24.3 Å². The van der Waals surface area contributed by atoms with Gasteiger partial charge in [0.25, 0.3) is 0 Å². The van der Waals surface area contributed by atoms with Crippen LogP contribution in [0.25, 0.3) is 0 Å². The summed E-state index contributed by atoms with van der Waals surface area (Å²) in [7, 11) is 1.77. The molecule has 2 heteroatoms. The van der Waals surface area contributed by atoms with Crippen LogP contribution in [-0.2, 0) is 4.74 Å². The molecule has 0 heterocycles. The third kappa shape index (κ3) is 4.86. The molecule has 2 fully saturated rings. The fourth-order valence-electron chi connectivity index (χ4n) is 4.81. The van der Waals surface area contributed by atoms with Crippen LogP contribution in [0.15, 0.2) is 36.4 Å². The molecular weight excluding hydrogens is 316 g/mol. The van der Waals surface area contributed by atoms with Crippen molar-refractivity contribution in [2.75, 3.05) is 13.7 Å². The summed E-state index contributed by atoms with van der Waals surface area (Å²) in [4.78, 5) is 0. The molecule has 0 N–H and O–H groups in total. The van der Waals surface area contributed by atoms with E-state index in [0.717, 1.165) is 35.3 Å². The topological polar surface area (TPSA) is 9.23 Å². The van der Waals surface area contributed by atoms with E-state index in [4.69, 9.17) is 16.3 Å². The van der Waals surface area contributed by atoms with Gasteiger partial charge in [0.05, 0.1) is 6.61 Å². The van der Waals surface area contributed by atoms with Crippen LogP contribution >= 0.6 is 11.6 Å². The first-order valence-electron chi connectivity index (χ1n) is 9.67. The van der Waals surface area contributed by atoms with E-state index < -0.39 is 0 Å². The number of methoxy groups -OCH3 is 1. The second kappa shape index (κ2) is 9.06. The number of benzene rings is 1. The highest BCUT2D eigenvalue weighted by Crippen LogP contribution is 2.44. The number of rotatable bonds is 5. The van der Waals surface area contributed by atoms with E-state index in [1.165, 1.54) is 56.9 Å². The molecule has 0 atom stereocenters. The summed E-state index contributed by atoms with van der Waals surface area (Å²) < 4.78 is 5.11. The van der Waals surface area contributed by atoms with Gasteiger partial charge >= 0.3 is 0 Å². The van der Waals surface area contributed by atoms with Crippen molar-refractivity contribution in [2.45, 2.75) is 57.3 Å². The fraction of sp³-hybridized carbons (Fsp3) is 0.636. The van der Waals surface area contributed by atoms with Crippen molar-refractivity contribution in [3.05, 3.63) is 47.0 Å². The molecule has 132 valence electrons. The van der Waals surface area contributed by atoms with E-state index in [0.29, 0.717) is 0 Å². The molecule has 2 aliphatic carbocycles. The van der Waals surface area contributed by atoms with E-state index in [1.54, 1.807) is 7.11 Å². The Hall–Kier alpha value is -0.790. The first-order chi connectivity index (χ1) is 11.8. The van der Waals surface area contributed by atoms with E-state index >= 15 is 0 Å². The summed E-state index contributed by atoms with van der Waals surface area (Å²) in [6, 6.07) is 8.54. The maximum atomic E-state index is 6.02. The predicted molar refractivity (Wildman–Crippen MR) is 103 cm³/mol. The lowest BCUT2D eigenvalue weighted by Gasteiger charge is -2.37. The second-order valence-corrected chi connectivity index (χ2v) is 8.16. The van der Waals surface area contributed by atoms with Gasteiger partial charge in [-0.1, -0.05) is 35.9 Å². The normalized spacial score (nSPS) is 31.4. The Morgan fingerprint density at radius 1 is 0.917 bits per heavy atom. The Morgan fingerprint density at radius 2 is 1.50 bits per heavy atom. The Kier molecular flexibility index (Phi) is 6.80. The molecule has 0 radical (unpaired) electrons. The monoisotopic (exact) mass is 346 g/mol. The van der Waals surface area contributed by atoms with Crippen LogP contribution in [0.4, 0.5) is 0 Å². The van der Waals surface area contributed by atoms with Gasteiger partial charge in [-0.15, -0.1) is 0 Å². The van der Waals surface area contributed by atoms with E-state index in [1.807, 2.05) is 12.1 Å². The van der Waals surface area contributed by atoms with Crippen molar-refractivity contribution >= 4 is 11.6 Å². The molecule has 1 aromatic carbocycles. The number of hydrogen-bond donors (Lipinski definition) is 0. The summed E-state index contributed by atoms with van der Waals surface area (Å²) in [5.41, 5.74) is 1.49. The highest BCUT2D eigenvalue weighted by Gasteiger charge is 2.30. The van der Waals surface area contributed by atoms with Gasteiger partial charge in [0, 0.05) is 12.1 Å².